The van der Waals surface area contributed by atoms with Crippen molar-refractivity contribution >= 4 is 5.97 Å². The molecule has 1 saturated carbocycles. The van der Waals surface area contributed by atoms with Crippen LogP contribution in [-0.2, 0) is 4.79 Å². The van der Waals surface area contributed by atoms with Gasteiger partial charge in [0.2, 0.25) is 0 Å². The number of allylic oxidation sites excluding steroid dienone is 2. The van der Waals surface area contributed by atoms with Gasteiger partial charge in [-0.2, -0.15) is 0 Å². The van der Waals surface area contributed by atoms with E-state index < -0.39 is 11.4 Å². The highest BCUT2D eigenvalue weighted by molar-refractivity contribution is 5.80. The molecule has 0 aromatic carbocycles. The molecule has 0 aromatic heterocycles. The monoisotopic (exact) mass is 138 g/mol. The molecule has 54 valence electrons. The van der Waals surface area contributed by atoms with Crippen molar-refractivity contribution in [1.82, 2.24) is 0 Å². The van der Waals surface area contributed by atoms with Gasteiger partial charge in [0.25, 0.3) is 0 Å². The van der Waals surface area contributed by atoms with Gasteiger partial charge in [-0.15, -0.1) is 0 Å². The number of aliphatic carboxylic acids is 1. The molecule has 2 aliphatic rings. The van der Waals surface area contributed by atoms with Crippen molar-refractivity contribution in [1.29, 1.82) is 0 Å². The van der Waals surface area contributed by atoms with Crippen LogP contribution in [-0.4, -0.2) is 11.1 Å². The molecule has 1 N–H and O–H groups in total. The Hall–Kier alpha value is -0.790. The number of rotatable bonds is 1. The van der Waals surface area contributed by atoms with Gasteiger partial charge >= 0.3 is 5.97 Å². The molecule has 0 bridgehead atoms. The van der Waals surface area contributed by atoms with E-state index >= 15 is 0 Å². The van der Waals surface area contributed by atoms with Crippen LogP contribution >= 0.6 is 0 Å². The van der Waals surface area contributed by atoms with E-state index in [0.29, 0.717) is 11.8 Å². The molecule has 0 aromatic rings. The van der Waals surface area contributed by atoms with E-state index in [1.807, 2.05) is 13.0 Å². The Kier molecular flexibility index (Phi) is 0.858. The molecule has 2 aliphatic carbocycles. The summed E-state index contributed by atoms with van der Waals surface area (Å²) in [5.41, 5.74) is -0.408. The molecule has 0 heterocycles. The Balaban J connectivity index is 2.24. The minimum Gasteiger partial charge on any atom is -0.481 e. The van der Waals surface area contributed by atoms with Gasteiger partial charge in [0.05, 0.1) is 5.41 Å². The van der Waals surface area contributed by atoms with Crippen molar-refractivity contribution in [2.24, 2.45) is 17.3 Å². The molecular formula is C8H10O2. The van der Waals surface area contributed by atoms with Crippen molar-refractivity contribution < 1.29 is 9.90 Å². The molecule has 0 spiro atoms. The number of hydrogen-bond acceptors (Lipinski definition) is 1. The van der Waals surface area contributed by atoms with E-state index in [1.165, 1.54) is 0 Å². The summed E-state index contributed by atoms with van der Waals surface area (Å²) in [6, 6.07) is 0. The molecule has 1 fully saturated rings. The highest BCUT2D eigenvalue weighted by Gasteiger charge is 2.66. The van der Waals surface area contributed by atoms with Gasteiger partial charge in [-0.25, -0.2) is 0 Å². The van der Waals surface area contributed by atoms with E-state index in [4.69, 9.17) is 5.11 Å². The quantitative estimate of drug-likeness (QED) is 0.554. The third-order valence-corrected chi connectivity index (χ3v) is 2.98. The van der Waals surface area contributed by atoms with Crippen LogP contribution in [0.1, 0.15) is 13.3 Å². The molecule has 0 aliphatic heterocycles. The third kappa shape index (κ3) is 0.437. The van der Waals surface area contributed by atoms with Crippen LogP contribution < -0.4 is 0 Å². The second kappa shape index (κ2) is 1.44. The lowest BCUT2D eigenvalue weighted by Crippen LogP contribution is -2.15. The molecule has 0 amide bonds. The summed E-state index contributed by atoms with van der Waals surface area (Å²) in [5.74, 6) is 0.113. The Morgan fingerprint density at radius 2 is 2.50 bits per heavy atom. The maximum Gasteiger partial charge on any atom is 0.310 e. The summed E-state index contributed by atoms with van der Waals surface area (Å²) in [6.45, 7) is 1.84. The van der Waals surface area contributed by atoms with Gasteiger partial charge in [0.15, 0.2) is 0 Å². The second-order valence-electron chi connectivity index (χ2n) is 3.38. The number of carboxylic acids is 1. The van der Waals surface area contributed by atoms with Crippen molar-refractivity contribution in [3.05, 3.63) is 12.2 Å². The van der Waals surface area contributed by atoms with Crippen molar-refractivity contribution in [3.8, 4) is 0 Å². The Morgan fingerprint density at radius 1 is 1.80 bits per heavy atom. The van der Waals surface area contributed by atoms with Crippen LogP contribution in [0.5, 0.6) is 0 Å². The molecule has 1 unspecified atom stereocenters. The predicted molar refractivity (Wildman–Crippen MR) is 36.5 cm³/mol. The summed E-state index contributed by atoms with van der Waals surface area (Å²) < 4.78 is 0. The zero-order valence-corrected chi connectivity index (χ0v) is 5.87. The zero-order valence-electron chi connectivity index (χ0n) is 5.87. The van der Waals surface area contributed by atoms with Crippen LogP contribution in [0.2, 0.25) is 0 Å². The van der Waals surface area contributed by atoms with Crippen LogP contribution in [0.25, 0.3) is 0 Å². The standard InChI is InChI=1S/C8H10O2/c1-8(7(9)10)5-3-2-4-6(5)8/h2-3,5-6H,4H2,1H3,(H,9,10)/t5-,6+,8?/m0/s1. The lowest BCUT2D eigenvalue weighted by Gasteiger charge is -2.04. The molecule has 0 radical (unpaired) electrons. The van der Waals surface area contributed by atoms with Gasteiger partial charge in [-0.05, 0) is 25.2 Å². The summed E-state index contributed by atoms with van der Waals surface area (Å²) in [4.78, 5) is 10.7. The van der Waals surface area contributed by atoms with Gasteiger partial charge in [0, 0.05) is 0 Å². The molecule has 3 atom stereocenters. The molecule has 2 nitrogen and oxygen atoms in total. The van der Waals surface area contributed by atoms with Crippen LogP contribution in [0.4, 0.5) is 0 Å². The third-order valence-electron chi connectivity index (χ3n) is 2.98. The number of carbonyl (C=O) groups is 1. The molecule has 2 heteroatoms. The molecule has 10 heavy (non-hydrogen) atoms. The number of carboxylic acid groups (broad SMARTS) is 1. The maximum absolute atomic E-state index is 10.7. The largest absolute Gasteiger partial charge is 0.481 e. The first-order valence-corrected chi connectivity index (χ1v) is 3.57. The van der Waals surface area contributed by atoms with Crippen molar-refractivity contribution in [2.45, 2.75) is 13.3 Å². The van der Waals surface area contributed by atoms with Crippen LogP contribution in [0.15, 0.2) is 12.2 Å². The van der Waals surface area contributed by atoms with Crippen molar-refractivity contribution in [2.75, 3.05) is 0 Å². The fraction of sp³-hybridized carbons (Fsp3) is 0.625. The first kappa shape index (κ1) is 5.96. The SMILES string of the molecule is CC1(C(=O)O)[C@@H]2CC=C[C@@H]21. The normalized spacial score (nSPS) is 48.9. The highest BCUT2D eigenvalue weighted by Crippen LogP contribution is 2.64. The fourth-order valence-electron chi connectivity index (χ4n) is 2.04. The summed E-state index contributed by atoms with van der Waals surface area (Å²) in [6.07, 6.45) is 5.09. The first-order chi connectivity index (χ1) is 4.67. The summed E-state index contributed by atoms with van der Waals surface area (Å²) in [7, 11) is 0. The topological polar surface area (TPSA) is 37.3 Å². The number of fused-ring (bicyclic) bond motifs is 1. The second-order valence-corrected chi connectivity index (χ2v) is 3.38. The van der Waals surface area contributed by atoms with E-state index in [9.17, 15) is 4.79 Å². The Bertz CT molecular complexity index is 219. The molecular weight excluding hydrogens is 128 g/mol. The van der Waals surface area contributed by atoms with Crippen LogP contribution in [0, 0.1) is 17.3 Å². The van der Waals surface area contributed by atoms with Gasteiger partial charge in [-0.1, -0.05) is 12.2 Å². The van der Waals surface area contributed by atoms with Crippen LogP contribution in [0.3, 0.4) is 0 Å². The zero-order chi connectivity index (χ0) is 7.35. The van der Waals surface area contributed by atoms with Gasteiger partial charge in [-0.3, -0.25) is 4.79 Å². The fourth-order valence-corrected chi connectivity index (χ4v) is 2.04. The van der Waals surface area contributed by atoms with Gasteiger partial charge < -0.3 is 5.11 Å². The lowest BCUT2D eigenvalue weighted by atomic mass is 10.0. The number of hydrogen-bond donors (Lipinski definition) is 1. The van der Waals surface area contributed by atoms with Gasteiger partial charge in [0.1, 0.15) is 0 Å². The first-order valence-electron chi connectivity index (χ1n) is 3.57. The average Bonchev–Trinajstić information content (AvgIpc) is 2.28. The molecule has 0 saturated heterocycles. The predicted octanol–water partition coefficient (Wildman–Crippen LogP) is 1.28. The Morgan fingerprint density at radius 3 is 2.80 bits per heavy atom. The van der Waals surface area contributed by atoms with E-state index in [-0.39, 0.29) is 0 Å². The minimum absolute atomic E-state index is 0.338. The smallest absolute Gasteiger partial charge is 0.310 e. The maximum atomic E-state index is 10.7. The van der Waals surface area contributed by atoms with Crippen molar-refractivity contribution in [3.63, 3.8) is 0 Å². The summed E-state index contributed by atoms with van der Waals surface area (Å²) in [5, 5.41) is 8.78. The average molecular weight is 138 g/mol. The van der Waals surface area contributed by atoms with E-state index in [1.54, 1.807) is 0 Å². The van der Waals surface area contributed by atoms with E-state index in [2.05, 4.69) is 6.08 Å². The highest BCUT2D eigenvalue weighted by atomic mass is 16.4. The lowest BCUT2D eigenvalue weighted by molar-refractivity contribution is -0.143. The summed E-state index contributed by atoms with van der Waals surface area (Å²) >= 11 is 0. The Labute approximate surface area is 59.5 Å². The molecule has 2 rings (SSSR count). The van der Waals surface area contributed by atoms with E-state index in [0.717, 1.165) is 6.42 Å². The minimum atomic E-state index is -0.633.